The van der Waals surface area contributed by atoms with Crippen LogP contribution in [0.2, 0.25) is 0 Å². The molecule has 19 heavy (non-hydrogen) atoms. The van der Waals surface area contributed by atoms with Gasteiger partial charge in [0.25, 0.3) is 0 Å². The molecule has 4 heteroatoms. The summed E-state index contributed by atoms with van der Waals surface area (Å²) in [5.41, 5.74) is 1.96. The molecule has 1 saturated heterocycles. The molecule has 1 N–H and O–H groups in total. The van der Waals surface area contributed by atoms with Crippen molar-refractivity contribution in [1.29, 1.82) is 0 Å². The van der Waals surface area contributed by atoms with E-state index in [-0.39, 0.29) is 6.03 Å². The number of anilines is 1. The van der Waals surface area contributed by atoms with Gasteiger partial charge in [-0.25, -0.2) is 4.79 Å². The molecule has 0 spiro atoms. The van der Waals surface area contributed by atoms with E-state index in [0.29, 0.717) is 11.8 Å². The highest BCUT2D eigenvalue weighted by Crippen LogP contribution is 2.23. The maximum absolute atomic E-state index is 12.3. The van der Waals surface area contributed by atoms with Crippen molar-refractivity contribution in [3.63, 3.8) is 0 Å². The molecule has 0 unspecified atom stereocenters. The lowest BCUT2D eigenvalue weighted by atomic mass is 9.92. The van der Waals surface area contributed by atoms with Gasteiger partial charge in [0.2, 0.25) is 0 Å². The lowest BCUT2D eigenvalue weighted by Gasteiger charge is -2.35. The van der Waals surface area contributed by atoms with E-state index in [0.717, 1.165) is 28.8 Å². The summed E-state index contributed by atoms with van der Waals surface area (Å²) in [6.07, 6.45) is 1.21. The van der Waals surface area contributed by atoms with Crippen LogP contribution < -0.4 is 5.32 Å². The molecule has 1 aromatic carbocycles. The zero-order valence-electron chi connectivity index (χ0n) is 11.7. The van der Waals surface area contributed by atoms with Crippen LogP contribution in [0.4, 0.5) is 10.5 Å². The number of benzene rings is 1. The van der Waals surface area contributed by atoms with E-state index in [1.165, 1.54) is 6.42 Å². The molecule has 2 rings (SSSR count). The molecule has 0 radical (unpaired) electrons. The van der Waals surface area contributed by atoms with Crippen LogP contribution in [0.1, 0.15) is 25.8 Å². The molecule has 0 saturated carbocycles. The monoisotopic (exact) mass is 324 g/mol. The summed E-state index contributed by atoms with van der Waals surface area (Å²) < 4.78 is 1.03. The Kier molecular flexibility index (Phi) is 4.50. The van der Waals surface area contributed by atoms with Crippen molar-refractivity contribution < 1.29 is 4.79 Å². The number of hydrogen-bond acceptors (Lipinski definition) is 1. The van der Waals surface area contributed by atoms with Gasteiger partial charge in [0.15, 0.2) is 0 Å². The van der Waals surface area contributed by atoms with Crippen LogP contribution in [0.5, 0.6) is 0 Å². The van der Waals surface area contributed by atoms with Gasteiger partial charge in [-0.3, -0.25) is 0 Å². The first-order valence-electron chi connectivity index (χ1n) is 6.77. The van der Waals surface area contributed by atoms with Crippen LogP contribution in [-0.4, -0.2) is 24.0 Å². The lowest BCUT2D eigenvalue weighted by molar-refractivity contribution is 0.156. The highest BCUT2D eigenvalue weighted by Gasteiger charge is 2.25. The van der Waals surface area contributed by atoms with Crippen molar-refractivity contribution in [2.75, 3.05) is 18.4 Å². The highest BCUT2D eigenvalue weighted by molar-refractivity contribution is 9.10. The van der Waals surface area contributed by atoms with E-state index in [1.54, 1.807) is 0 Å². The van der Waals surface area contributed by atoms with Gasteiger partial charge in [-0.05, 0) is 48.9 Å². The zero-order chi connectivity index (χ0) is 14.0. The number of piperidine rings is 1. The van der Waals surface area contributed by atoms with E-state index in [9.17, 15) is 4.79 Å². The summed E-state index contributed by atoms with van der Waals surface area (Å²) in [5, 5.41) is 3.01. The molecule has 104 valence electrons. The second-order valence-corrected chi connectivity index (χ2v) is 6.66. The summed E-state index contributed by atoms with van der Waals surface area (Å²) in [4.78, 5) is 14.2. The standard InChI is InChI=1S/C15H21BrN2O/c1-10-6-11(2)9-18(8-10)15(19)17-14-5-4-13(16)7-12(14)3/h4-5,7,10-11H,6,8-9H2,1-3H3,(H,17,19)/t10-,11-/m0/s1. The number of halogens is 1. The second-order valence-electron chi connectivity index (χ2n) is 5.74. The number of carbonyl (C=O) groups is 1. The van der Waals surface area contributed by atoms with Gasteiger partial charge in [0.05, 0.1) is 0 Å². The number of nitrogens with one attached hydrogen (secondary N) is 1. The SMILES string of the molecule is Cc1cc(Br)ccc1NC(=O)N1C[C@@H](C)C[C@H](C)C1. The predicted molar refractivity (Wildman–Crippen MR) is 82.4 cm³/mol. The van der Waals surface area contributed by atoms with Gasteiger partial charge in [-0.2, -0.15) is 0 Å². The van der Waals surface area contributed by atoms with Crippen molar-refractivity contribution >= 4 is 27.6 Å². The molecule has 1 heterocycles. The summed E-state index contributed by atoms with van der Waals surface area (Å²) in [6, 6.07) is 5.92. The number of rotatable bonds is 1. The van der Waals surface area contributed by atoms with Gasteiger partial charge in [-0.1, -0.05) is 29.8 Å². The fourth-order valence-corrected chi connectivity index (χ4v) is 3.27. The van der Waals surface area contributed by atoms with Crippen molar-refractivity contribution in [2.24, 2.45) is 11.8 Å². The minimum Gasteiger partial charge on any atom is -0.324 e. The fraction of sp³-hybridized carbons (Fsp3) is 0.533. The van der Waals surface area contributed by atoms with Crippen molar-refractivity contribution in [1.82, 2.24) is 4.90 Å². The quantitative estimate of drug-likeness (QED) is 0.822. The Bertz CT molecular complexity index is 465. The predicted octanol–water partition coefficient (Wildman–Crippen LogP) is 4.27. The number of carbonyl (C=O) groups excluding carboxylic acids is 1. The van der Waals surface area contributed by atoms with Crippen LogP contribution in [0, 0.1) is 18.8 Å². The number of nitrogens with zero attached hydrogens (tertiary/aromatic N) is 1. The van der Waals surface area contributed by atoms with Gasteiger partial charge in [0, 0.05) is 23.2 Å². The molecule has 1 aliphatic heterocycles. The molecule has 0 aromatic heterocycles. The highest BCUT2D eigenvalue weighted by atomic mass is 79.9. The third-order valence-electron chi connectivity index (χ3n) is 3.59. The van der Waals surface area contributed by atoms with Crippen molar-refractivity contribution in [3.8, 4) is 0 Å². The van der Waals surface area contributed by atoms with E-state index in [2.05, 4.69) is 35.1 Å². The van der Waals surface area contributed by atoms with Crippen LogP contribution >= 0.6 is 15.9 Å². The minimum atomic E-state index is 0.0174. The molecule has 1 fully saturated rings. The maximum atomic E-state index is 12.3. The number of urea groups is 1. The Morgan fingerprint density at radius 1 is 1.32 bits per heavy atom. The van der Waals surface area contributed by atoms with Crippen LogP contribution in [0.25, 0.3) is 0 Å². The van der Waals surface area contributed by atoms with Crippen LogP contribution in [0.3, 0.4) is 0 Å². The van der Waals surface area contributed by atoms with Crippen LogP contribution in [-0.2, 0) is 0 Å². The Balaban J connectivity index is 2.04. The maximum Gasteiger partial charge on any atom is 0.321 e. The molecular weight excluding hydrogens is 304 g/mol. The summed E-state index contributed by atoms with van der Waals surface area (Å²) in [7, 11) is 0. The molecule has 3 nitrogen and oxygen atoms in total. The Labute approximate surface area is 123 Å². The first-order chi connectivity index (χ1) is 8.95. The van der Waals surface area contributed by atoms with Crippen molar-refractivity contribution in [2.45, 2.75) is 27.2 Å². The third kappa shape index (κ3) is 3.72. The van der Waals surface area contributed by atoms with Gasteiger partial charge >= 0.3 is 6.03 Å². The Hall–Kier alpha value is -1.03. The molecule has 0 aliphatic carbocycles. The lowest BCUT2D eigenvalue weighted by Crippen LogP contribution is -2.44. The fourth-order valence-electron chi connectivity index (χ4n) is 2.79. The Morgan fingerprint density at radius 3 is 2.53 bits per heavy atom. The van der Waals surface area contributed by atoms with Gasteiger partial charge < -0.3 is 10.2 Å². The smallest absolute Gasteiger partial charge is 0.321 e. The van der Waals surface area contributed by atoms with Crippen molar-refractivity contribution in [3.05, 3.63) is 28.2 Å². The first-order valence-corrected chi connectivity index (χ1v) is 7.57. The summed E-state index contributed by atoms with van der Waals surface area (Å²) >= 11 is 3.43. The topological polar surface area (TPSA) is 32.3 Å². The number of hydrogen-bond donors (Lipinski definition) is 1. The molecule has 2 atom stereocenters. The number of amides is 2. The first kappa shape index (κ1) is 14.4. The summed E-state index contributed by atoms with van der Waals surface area (Å²) in [5.74, 6) is 1.17. The minimum absolute atomic E-state index is 0.0174. The Morgan fingerprint density at radius 2 is 1.95 bits per heavy atom. The largest absolute Gasteiger partial charge is 0.324 e. The van der Waals surface area contributed by atoms with E-state index in [1.807, 2.05) is 30.0 Å². The average Bonchev–Trinajstić information content (AvgIpc) is 2.31. The number of likely N-dealkylation sites (tertiary alicyclic amines) is 1. The van der Waals surface area contributed by atoms with E-state index in [4.69, 9.17) is 0 Å². The average molecular weight is 325 g/mol. The summed E-state index contributed by atoms with van der Waals surface area (Å²) in [6.45, 7) is 8.13. The van der Waals surface area contributed by atoms with Crippen LogP contribution in [0.15, 0.2) is 22.7 Å². The van der Waals surface area contributed by atoms with E-state index < -0.39 is 0 Å². The van der Waals surface area contributed by atoms with E-state index >= 15 is 0 Å². The van der Waals surface area contributed by atoms with Gasteiger partial charge in [-0.15, -0.1) is 0 Å². The third-order valence-corrected chi connectivity index (χ3v) is 4.08. The second kappa shape index (κ2) is 5.95. The molecule has 1 aliphatic rings. The molecule has 1 aromatic rings. The molecular formula is C15H21BrN2O. The number of aryl methyl sites for hydroxylation is 1. The zero-order valence-corrected chi connectivity index (χ0v) is 13.3. The normalized spacial score (nSPS) is 23.3. The van der Waals surface area contributed by atoms with Gasteiger partial charge in [0.1, 0.15) is 0 Å². The molecule has 2 amide bonds. The molecule has 0 bridgehead atoms.